The van der Waals surface area contributed by atoms with E-state index in [1.807, 2.05) is 0 Å². The van der Waals surface area contributed by atoms with Crippen molar-refractivity contribution in [1.29, 1.82) is 0 Å². The summed E-state index contributed by atoms with van der Waals surface area (Å²) in [4.78, 5) is 3.76. The van der Waals surface area contributed by atoms with Crippen LogP contribution in [0.1, 0.15) is 0 Å². The summed E-state index contributed by atoms with van der Waals surface area (Å²) >= 11 is 0.953. The van der Waals surface area contributed by atoms with Gasteiger partial charge in [0.2, 0.25) is 0 Å². The summed E-state index contributed by atoms with van der Waals surface area (Å²) in [6.07, 6.45) is 1.24. The Kier molecular flexibility index (Phi) is 1.83. The van der Waals surface area contributed by atoms with Crippen molar-refractivity contribution >= 4 is 26.2 Å². The van der Waals surface area contributed by atoms with E-state index in [9.17, 15) is 4.39 Å². The van der Waals surface area contributed by atoms with E-state index in [0.717, 1.165) is 26.2 Å². The Balaban J connectivity index is 3.03. The standard InChI is InChI=1S/C5H3FN.Sn.H/c6-5-2-1-3-7-4-5;;/h1-2,4H;;. The molecule has 1 nitrogen and oxygen atoms in total. The van der Waals surface area contributed by atoms with Gasteiger partial charge in [0, 0.05) is 0 Å². The van der Waals surface area contributed by atoms with E-state index in [0.29, 0.717) is 0 Å². The van der Waals surface area contributed by atoms with Crippen molar-refractivity contribution in [2.45, 2.75) is 0 Å². The number of halogens is 1. The molecule has 8 heavy (non-hydrogen) atoms. The zero-order valence-corrected chi connectivity index (χ0v) is 7.43. The van der Waals surface area contributed by atoms with Gasteiger partial charge in [-0.25, -0.2) is 0 Å². The van der Waals surface area contributed by atoms with Gasteiger partial charge in [-0.2, -0.15) is 0 Å². The van der Waals surface area contributed by atoms with Crippen LogP contribution in [0, 0.1) is 5.82 Å². The topological polar surface area (TPSA) is 12.9 Å². The molecule has 1 aromatic heterocycles. The molecule has 3 heteroatoms. The summed E-state index contributed by atoms with van der Waals surface area (Å²) in [6, 6.07) is 3.12. The predicted octanol–water partition coefficient (Wildman–Crippen LogP) is -0.253. The van der Waals surface area contributed by atoms with E-state index in [4.69, 9.17) is 0 Å². The molecule has 2 radical (unpaired) electrons. The zero-order chi connectivity index (χ0) is 5.98. The molecule has 0 atom stereocenters. The van der Waals surface area contributed by atoms with Gasteiger partial charge >= 0.3 is 59.8 Å². The Morgan fingerprint density at radius 1 is 1.50 bits per heavy atom. The van der Waals surface area contributed by atoms with Crippen LogP contribution in [-0.4, -0.2) is 27.5 Å². The predicted molar refractivity (Wildman–Crippen MR) is 31.0 cm³/mol. The molecule has 1 rings (SSSR count). The molecular weight excluding hydrogens is 212 g/mol. The van der Waals surface area contributed by atoms with Gasteiger partial charge < -0.3 is 0 Å². The summed E-state index contributed by atoms with van der Waals surface area (Å²) in [6.45, 7) is 0. The minimum atomic E-state index is -0.261. The third-order valence-corrected chi connectivity index (χ3v) is 1.73. The van der Waals surface area contributed by atoms with Crippen molar-refractivity contribution in [1.82, 2.24) is 4.98 Å². The molecule has 0 aromatic carbocycles. The molecule has 0 N–H and O–H groups in total. The van der Waals surface area contributed by atoms with Crippen LogP contribution in [0.2, 0.25) is 0 Å². The molecular formula is C5H4FNSn. The van der Waals surface area contributed by atoms with Crippen LogP contribution in [0.3, 0.4) is 0 Å². The van der Waals surface area contributed by atoms with Crippen LogP contribution in [0.25, 0.3) is 0 Å². The van der Waals surface area contributed by atoms with Gasteiger partial charge in [0.15, 0.2) is 0 Å². The second-order valence-electron chi connectivity index (χ2n) is 1.40. The van der Waals surface area contributed by atoms with Crippen LogP contribution in [0.5, 0.6) is 0 Å². The Bertz CT molecular complexity index is 151. The van der Waals surface area contributed by atoms with Gasteiger partial charge in [0.05, 0.1) is 0 Å². The molecule has 0 unspecified atom stereocenters. The zero-order valence-electron chi connectivity index (χ0n) is 4.13. The summed E-state index contributed by atoms with van der Waals surface area (Å²) < 4.78 is 13.0. The molecule has 40 valence electrons. The fourth-order valence-electron chi connectivity index (χ4n) is 0.387. The monoisotopic (exact) mass is 217 g/mol. The summed E-state index contributed by atoms with van der Waals surface area (Å²) in [5, 5.41) is 0. The average Bonchev–Trinajstić information content (AvgIpc) is 1.77. The van der Waals surface area contributed by atoms with Crippen molar-refractivity contribution in [3.8, 4) is 0 Å². The second kappa shape index (κ2) is 2.44. The van der Waals surface area contributed by atoms with Crippen molar-refractivity contribution in [2.24, 2.45) is 0 Å². The van der Waals surface area contributed by atoms with Crippen LogP contribution in [-0.2, 0) is 0 Å². The Morgan fingerprint density at radius 2 is 2.25 bits per heavy atom. The van der Waals surface area contributed by atoms with Gasteiger partial charge in [0.25, 0.3) is 0 Å². The SMILES string of the molecule is Fc1cc[c]([SnH])nc1. The second-order valence-corrected chi connectivity index (χ2v) is 3.09. The molecule has 0 saturated heterocycles. The Morgan fingerprint density at radius 3 is 2.62 bits per heavy atom. The minimum absolute atomic E-state index is 0.261. The van der Waals surface area contributed by atoms with Gasteiger partial charge in [-0.15, -0.1) is 0 Å². The van der Waals surface area contributed by atoms with Gasteiger partial charge in [-0.3, -0.25) is 0 Å². The van der Waals surface area contributed by atoms with Crippen LogP contribution >= 0.6 is 0 Å². The first-order valence-electron chi connectivity index (χ1n) is 2.16. The number of nitrogens with zero attached hydrogens (tertiary/aromatic N) is 1. The van der Waals surface area contributed by atoms with Crippen molar-refractivity contribution in [3.05, 3.63) is 24.1 Å². The number of hydrogen-bond acceptors (Lipinski definition) is 1. The fourth-order valence-corrected chi connectivity index (χ4v) is 0.875. The first-order chi connectivity index (χ1) is 3.79. The van der Waals surface area contributed by atoms with Gasteiger partial charge in [-0.05, 0) is 0 Å². The molecule has 1 aromatic rings. The average molecular weight is 216 g/mol. The van der Waals surface area contributed by atoms with E-state index in [2.05, 4.69) is 4.98 Å². The third-order valence-electron chi connectivity index (χ3n) is 0.750. The summed E-state index contributed by atoms with van der Waals surface area (Å²) in [5.74, 6) is -0.261. The van der Waals surface area contributed by atoms with Crippen LogP contribution < -0.4 is 3.71 Å². The Labute approximate surface area is 60.0 Å². The van der Waals surface area contributed by atoms with Crippen molar-refractivity contribution < 1.29 is 4.39 Å². The van der Waals surface area contributed by atoms with Gasteiger partial charge in [0.1, 0.15) is 0 Å². The molecule has 0 aliphatic carbocycles. The molecule has 0 aliphatic heterocycles. The molecule has 1 heterocycles. The normalized spacial score (nSPS) is 9.25. The molecule has 0 fully saturated rings. The molecule has 0 saturated carbocycles. The van der Waals surface area contributed by atoms with E-state index in [-0.39, 0.29) is 5.82 Å². The molecule has 0 bridgehead atoms. The van der Waals surface area contributed by atoms with E-state index < -0.39 is 0 Å². The fraction of sp³-hybridized carbons (Fsp3) is 0. The van der Waals surface area contributed by atoms with Crippen LogP contribution in [0.15, 0.2) is 18.3 Å². The molecule has 0 spiro atoms. The summed E-state index contributed by atoms with van der Waals surface area (Å²) in [7, 11) is 0. The maximum absolute atomic E-state index is 12.0. The van der Waals surface area contributed by atoms with E-state index in [1.165, 1.54) is 12.3 Å². The van der Waals surface area contributed by atoms with E-state index in [1.54, 1.807) is 6.07 Å². The maximum atomic E-state index is 12.0. The molecule has 0 aliphatic rings. The van der Waals surface area contributed by atoms with Crippen molar-refractivity contribution in [3.63, 3.8) is 0 Å². The number of rotatable bonds is 0. The number of aromatic nitrogens is 1. The van der Waals surface area contributed by atoms with E-state index >= 15 is 0 Å². The van der Waals surface area contributed by atoms with Crippen molar-refractivity contribution in [2.75, 3.05) is 0 Å². The van der Waals surface area contributed by atoms with Gasteiger partial charge in [-0.1, -0.05) is 0 Å². The molecule has 0 amide bonds. The first-order valence-corrected chi connectivity index (χ1v) is 3.81. The summed E-state index contributed by atoms with van der Waals surface area (Å²) in [5.41, 5.74) is 0. The number of pyridine rings is 1. The quantitative estimate of drug-likeness (QED) is 0.544. The van der Waals surface area contributed by atoms with Crippen LogP contribution in [0.4, 0.5) is 4.39 Å². The first kappa shape index (κ1) is 6.01. The third kappa shape index (κ3) is 1.43. The number of hydrogen-bond donors (Lipinski definition) is 0. The Hall–Kier alpha value is -0.121.